The molecule has 0 aliphatic heterocycles. The lowest BCUT2D eigenvalue weighted by Crippen LogP contribution is -2.30. The van der Waals surface area contributed by atoms with Crippen LogP contribution in [-0.4, -0.2) is 11.0 Å². The van der Waals surface area contributed by atoms with Crippen molar-refractivity contribution in [2.75, 3.05) is 5.32 Å². The van der Waals surface area contributed by atoms with Crippen molar-refractivity contribution in [3.05, 3.63) is 35.9 Å². The first-order valence-electron chi connectivity index (χ1n) is 7.34. The molecule has 1 aliphatic carbocycles. The third-order valence-corrected chi connectivity index (χ3v) is 4.28. The minimum atomic E-state index is 0.476. The molecule has 2 aromatic rings. The monoisotopic (exact) mass is 265 g/mol. The van der Waals surface area contributed by atoms with Gasteiger partial charge in [0.2, 0.25) is 0 Å². The molecule has 1 aromatic heterocycles. The van der Waals surface area contributed by atoms with Crippen molar-refractivity contribution in [2.24, 2.45) is 5.92 Å². The SMILES string of the molecule is CC1CCCCC1Nc1cc(C#N)c2ccccc2n1. The Balaban J connectivity index is 1.94. The molecule has 0 saturated heterocycles. The summed E-state index contributed by atoms with van der Waals surface area (Å²) in [5, 5.41) is 13.8. The van der Waals surface area contributed by atoms with E-state index in [9.17, 15) is 5.26 Å². The highest BCUT2D eigenvalue weighted by atomic mass is 15.0. The maximum absolute atomic E-state index is 9.31. The number of nitriles is 1. The van der Waals surface area contributed by atoms with E-state index in [4.69, 9.17) is 0 Å². The fourth-order valence-electron chi connectivity index (χ4n) is 3.06. The summed E-state index contributed by atoms with van der Waals surface area (Å²) in [4.78, 5) is 4.65. The highest BCUT2D eigenvalue weighted by Crippen LogP contribution is 2.27. The quantitative estimate of drug-likeness (QED) is 0.889. The molecule has 20 heavy (non-hydrogen) atoms. The Kier molecular flexibility index (Phi) is 3.56. The highest BCUT2D eigenvalue weighted by Gasteiger charge is 2.21. The zero-order valence-corrected chi connectivity index (χ0v) is 11.8. The zero-order valence-electron chi connectivity index (χ0n) is 11.8. The van der Waals surface area contributed by atoms with Crippen molar-refractivity contribution in [1.29, 1.82) is 5.26 Å². The van der Waals surface area contributed by atoms with Crippen molar-refractivity contribution in [3.8, 4) is 6.07 Å². The van der Waals surface area contributed by atoms with E-state index in [0.717, 1.165) is 16.7 Å². The van der Waals surface area contributed by atoms with E-state index < -0.39 is 0 Å². The standard InChI is InChI=1S/C17H19N3/c1-12-6-2-4-8-15(12)19-17-10-13(11-18)14-7-3-5-9-16(14)20-17/h3,5,7,9-10,12,15H,2,4,6,8H2,1H3,(H,19,20). The molecule has 3 nitrogen and oxygen atoms in total. The molecule has 2 unspecified atom stereocenters. The Bertz CT molecular complexity index is 657. The lowest BCUT2D eigenvalue weighted by Gasteiger charge is -2.30. The fourth-order valence-corrected chi connectivity index (χ4v) is 3.06. The number of nitrogens with zero attached hydrogens (tertiary/aromatic N) is 2. The van der Waals surface area contributed by atoms with Gasteiger partial charge in [-0.1, -0.05) is 38.0 Å². The second kappa shape index (κ2) is 5.50. The summed E-state index contributed by atoms with van der Waals surface area (Å²) in [5.74, 6) is 1.50. The Labute approximate surface area is 119 Å². The number of rotatable bonds is 2. The molecule has 2 atom stereocenters. The van der Waals surface area contributed by atoms with E-state index in [0.29, 0.717) is 17.5 Å². The molecule has 3 rings (SSSR count). The van der Waals surface area contributed by atoms with E-state index in [1.54, 1.807) is 0 Å². The second-order valence-electron chi connectivity index (χ2n) is 5.70. The molecule has 0 bridgehead atoms. The van der Waals surface area contributed by atoms with Crippen molar-refractivity contribution in [3.63, 3.8) is 0 Å². The summed E-state index contributed by atoms with van der Waals surface area (Å²) in [6, 6.07) is 12.5. The van der Waals surface area contributed by atoms with Crippen LogP contribution >= 0.6 is 0 Å². The van der Waals surface area contributed by atoms with Gasteiger partial charge in [-0.2, -0.15) is 5.26 Å². The minimum absolute atomic E-state index is 0.476. The highest BCUT2D eigenvalue weighted by molar-refractivity contribution is 5.86. The number of para-hydroxylation sites is 1. The van der Waals surface area contributed by atoms with Gasteiger partial charge < -0.3 is 5.32 Å². The summed E-state index contributed by atoms with van der Waals surface area (Å²) in [6.45, 7) is 2.29. The van der Waals surface area contributed by atoms with Gasteiger partial charge in [-0.05, 0) is 30.9 Å². The maximum Gasteiger partial charge on any atom is 0.128 e. The predicted molar refractivity (Wildman–Crippen MR) is 81.5 cm³/mol. The Morgan fingerprint density at radius 1 is 1.25 bits per heavy atom. The van der Waals surface area contributed by atoms with Crippen LogP contribution in [0.4, 0.5) is 5.82 Å². The molecule has 1 N–H and O–H groups in total. The molecule has 1 saturated carbocycles. The lowest BCUT2D eigenvalue weighted by molar-refractivity contribution is 0.349. The summed E-state index contributed by atoms with van der Waals surface area (Å²) in [7, 11) is 0. The molecule has 1 aliphatic rings. The number of benzene rings is 1. The number of pyridine rings is 1. The fraction of sp³-hybridized carbons (Fsp3) is 0.412. The smallest absolute Gasteiger partial charge is 0.128 e. The van der Waals surface area contributed by atoms with Gasteiger partial charge in [0.15, 0.2) is 0 Å². The van der Waals surface area contributed by atoms with E-state index >= 15 is 0 Å². The maximum atomic E-state index is 9.31. The number of fused-ring (bicyclic) bond motifs is 1. The van der Waals surface area contributed by atoms with Gasteiger partial charge >= 0.3 is 0 Å². The van der Waals surface area contributed by atoms with Crippen molar-refractivity contribution in [1.82, 2.24) is 4.98 Å². The minimum Gasteiger partial charge on any atom is -0.367 e. The van der Waals surface area contributed by atoms with Crippen LogP contribution in [0.1, 0.15) is 38.2 Å². The topological polar surface area (TPSA) is 48.7 Å². The molecule has 1 heterocycles. The molecule has 1 aromatic carbocycles. The molecule has 0 amide bonds. The van der Waals surface area contributed by atoms with Crippen LogP contribution in [0.15, 0.2) is 30.3 Å². The largest absolute Gasteiger partial charge is 0.367 e. The average molecular weight is 265 g/mol. The number of hydrogen-bond acceptors (Lipinski definition) is 3. The second-order valence-corrected chi connectivity index (χ2v) is 5.70. The third-order valence-electron chi connectivity index (χ3n) is 4.28. The number of nitrogens with one attached hydrogen (secondary N) is 1. The first-order valence-corrected chi connectivity index (χ1v) is 7.34. The predicted octanol–water partition coefficient (Wildman–Crippen LogP) is 4.10. The first kappa shape index (κ1) is 12.9. The van der Waals surface area contributed by atoms with Crippen LogP contribution in [0.2, 0.25) is 0 Å². The molecule has 3 heteroatoms. The summed E-state index contributed by atoms with van der Waals surface area (Å²) in [5.41, 5.74) is 1.58. The van der Waals surface area contributed by atoms with Crippen molar-refractivity contribution >= 4 is 16.7 Å². The molecule has 0 radical (unpaired) electrons. The van der Waals surface area contributed by atoms with Gasteiger partial charge in [-0.25, -0.2) is 4.98 Å². The number of anilines is 1. The van der Waals surface area contributed by atoms with Gasteiger partial charge in [-0.15, -0.1) is 0 Å². The van der Waals surface area contributed by atoms with Crippen LogP contribution in [0.5, 0.6) is 0 Å². The van der Waals surface area contributed by atoms with Crippen LogP contribution < -0.4 is 5.32 Å². The average Bonchev–Trinajstić information content (AvgIpc) is 2.49. The molecule has 102 valence electrons. The van der Waals surface area contributed by atoms with Gasteiger partial charge in [0, 0.05) is 11.4 Å². The molecule has 1 fully saturated rings. The lowest BCUT2D eigenvalue weighted by atomic mass is 9.86. The van der Waals surface area contributed by atoms with Crippen molar-refractivity contribution < 1.29 is 0 Å². The summed E-state index contributed by atoms with van der Waals surface area (Å²) < 4.78 is 0. The van der Waals surface area contributed by atoms with E-state index in [2.05, 4.69) is 23.3 Å². The molecular formula is C17H19N3. The summed E-state index contributed by atoms with van der Waals surface area (Å²) >= 11 is 0. The number of aromatic nitrogens is 1. The number of hydrogen-bond donors (Lipinski definition) is 1. The zero-order chi connectivity index (χ0) is 13.9. The van der Waals surface area contributed by atoms with Crippen LogP contribution in [0.3, 0.4) is 0 Å². The third kappa shape index (κ3) is 2.46. The Morgan fingerprint density at radius 2 is 2.05 bits per heavy atom. The van der Waals surface area contributed by atoms with Crippen molar-refractivity contribution in [2.45, 2.75) is 38.6 Å². The van der Waals surface area contributed by atoms with Gasteiger partial charge in [0.25, 0.3) is 0 Å². The van der Waals surface area contributed by atoms with Crippen LogP contribution in [0.25, 0.3) is 10.9 Å². The van der Waals surface area contributed by atoms with E-state index in [1.807, 2.05) is 30.3 Å². The first-order chi connectivity index (χ1) is 9.78. The Hall–Kier alpha value is -2.08. The molecule has 0 spiro atoms. The molecular weight excluding hydrogens is 246 g/mol. The van der Waals surface area contributed by atoms with Gasteiger partial charge in [0.05, 0.1) is 17.1 Å². The van der Waals surface area contributed by atoms with E-state index in [-0.39, 0.29) is 0 Å². The Morgan fingerprint density at radius 3 is 2.85 bits per heavy atom. The summed E-state index contributed by atoms with van der Waals surface area (Å²) in [6.07, 6.45) is 5.07. The van der Waals surface area contributed by atoms with Crippen LogP contribution in [-0.2, 0) is 0 Å². The normalized spacial score (nSPS) is 22.4. The van der Waals surface area contributed by atoms with Gasteiger partial charge in [-0.3, -0.25) is 0 Å². The van der Waals surface area contributed by atoms with E-state index in [1.165, 1.54) is 25.7 Å². The van der Waals surface area contributed by atoms with Crippen LogP contribution in [0, 0.1) is 17.2 Å². The van der Waals surface area contributed by atoms with Gasteiger partial charge in [0.1, 0.15) is 5.82 Å².